The van der Waals surface area contributed by atoms with E-state index in [1.54, 1.807) is 11.1 Å². The minimum absolute atomic E-state index is 0.0435. The lowest BCUT2D eigenvalue weighted by Gasteiger charge is -2.62. The van der Waals surface area contributed by atoms with Crippen LogP contribution >= 0.6 is 0 Å². The monoisotopic (exact) mass is 454 g/mol. The molecule has 1 heteroatoms. The number of hydrogen-bond acceptors (Lipinski definition) is 1. The minimum atomic E-state index is -0.132. The van der Waals surface area contributed by atoms with E-state index in [0.29, 0.717) is 22.2 Å². The third-order valence-corrected chi connectivity index (χ3v) is 12.5. The molecular weight excluding hydrogens is 400 g/mol. The third-order valence-electron chi connectivity index (χ3n) is 12.5. The molecule has 7 atom stereocenters. The van der Waals surface area contributed by atoms with E-state index in [1.807, 2.05) is 11.1 Å². The molecule has 0 aromatic heterocycles. The predicted molar refractivity (Wildman–Crippen MR) is 142 cm³/mol. The smallest absolute Gasteiger partial charge is 0.0594 e. The lowest BCUT2D eigenvalue weighted by molar-refractivity contribution is -0.0962. The van der Waals surface area contributed by atoms with Crippen LogP contribution in [0.4, 0.5) is 0 Å². The molecular formula is C32H54O. The maximum absolute atomic E-state index is 10.8. The first kappa shape index (κ1) is 25.5. The van der Waals surface area contributed by atoms with Crippen molar-refractivity contribution in [2.24, 2.45) is 39.4 Å². The van der Waals surface area contributed by atoms with Crippen molar-refractivity contribution in [2.45, 2.75) is 139 Å². The molecule has 4 aliphatic carbocycles. The Labute approximate surface area is 205 Å². The van der Waals surface area contributed by atoms with Gasteiger partial charge in [-0.25, -0.2) is 0 Å². The number of allylic oxidation sites excluding steroid dienone is 4. The van der Waals surface area contributed by atoms with E-state index in [4.69, 9.17) is 0 Å². The zero-order valence-corrected chi connectivity index (χ0v) is 23.5. The summed E-state index contributed by atoms with van der Waals surface area (Å²) in [4.78, 5) is 0. The number of fused-ring (bicyclic) bond motifs is 4. The summed E-state index contributed by atoms with van der Waals surface area (Å²) in [5.74, 6) is 2.31. The highest BCUT2D eigenvalue weighted by molar-refractivity contribution is 5.38. The third kappa shape index (κ3) is 3.65. The standard InChI is InChI=1S/C32H54O/c1-10-23(21(2)3)12-11-22(4)24-15-19-32(9)26-13-14-27-29(5,6)28(33)17-18-30(27,7)25(26)16-20-31(24,32)8/h22,24,27-28,33H,10-20H2,1-9H3. The maximum Gasteiger partial charge on any atom is 0.0594 e. The minimum Gasteiger partial charge on any atom is -0.393 e. The lowest BCUT2D eigenvalue weighted by atomic mass is 9.43. The van der Waals surface area contributed by atoms with E-state index in [9.17, 15) is 5.11 Å². The van der Waals surface area contributed by atoms with Crippen LogP contribution in [0.1, 0.15) is 133 Å². The largest absolute Gasteiger partial charge is 0.393 e. The molecule has 2 fully saturated rings. The highest BCUT2D eigenvalue weighted by atomic mass is 16.3. The van der Waals surface area contributed by atoms with Crippen molar-refractivity contribution in [1.29, 1.82) is 0 Å². The van der Waals surface area contributed by atoms with Gasteiger partial charge < -0.3 is 5.11 Å². The van der Waals surface area contributed by atoms with Gasteiger partial charge in [-0.3, -0.25) is 0 Å². The van der Waals surface area contributed by atoms with Crippen LogP contribution in [0.3, 0.4) is 0 Å². The number of hydrogen-bond donors (Lipinski definition) is 1. The SMILES string of the molecule is CCC(CCC(C)C1CCC2(C)C3=C(CCC12C)C1(C)CCC(O)C(C)(C)C1CC3)=C(C)C. The highest BCUT2D eigenvalue weighted by Gasteiger charge is 2.63. The second-order valence-electron chi connectivity index (χ2n) is 14.2. The number of rotatable bonds is 5. The first-order valence-corrected chi connectivity index (χ1v) is 14.4. The van der Waals surface area contributed by atoms with Gasteiger partial charge in [-0.15, -0.1) is 0 Å². The van der Waals surface area contributed by atoms with Crippen LogP contribution in [0.5, 0.6) is 0 Å². The quantitative estimate of drug-likeness (QED) is 0.410. The summed E-state index contributed by atoms with van der Waals surface area (Å²) in [5, 5.41) is 10.8. The number of aliphatic hydroxyl groups is 1. The fourth-order valence-corrected chi connectivity index (χ4v) is 10.0. The van der Waals surface area contributed by atoms with Gasteiger partial charge in [-0.05, 0) is 124 Å². The average molecular weight is 455 g/mol. The van der Waals surface area contributed by atoms with Gasteiger partial charge in [0.05, 0.1) is 6.10 Å². The zero-order chi connectivity index (χ0) is 24.4. The molecule has 0 aromatic rings. The normalized spacial score (nSPS) is 42.9. The van der Waals surface area contributed by atoms with Gasteiger partial charge in [-0.2, -0.15) is 0 Å². The fourth-order valence-electron chi connectivity index (χ4n) is 10.0. The van der Waals surface area contributed by atoms with Gasteiger partial charge in [0.15, 0.2) is 0 Å². The van der Waals surface area contributed by atoms with Crippen LogP contribution in [0.2, 0.25) is 0 Å². The summed E-state index contributed by atoms with van der Waals surface area (Å²) < 4.78 is 0. The Balaban J connectivity index is 1.62. The van der Waals surface area contributed by atoms with Gasteiger partial charge >= 0.3 is 0 Å². The molecule has 0 spiro atoms. The summed E-state index contributed by atoms with van der Waals surface area (Å²) >= 11 is 0. The first-order valence-electron chi connectivity index (χ1n) is 14.4. The van der Waals surface area contributed by atoms with E-state index >= 15 is 0 Å². The molecule has 1 nitrogen and oxygen atoms in total. The summed E-state index contributed by atoms with van der Waals surface area (Å²) in [6.45, 7) is 22.2. The summed E-state index contributed by atoms with van der Waals surface area (Å²) in [6, 6.07) is 0. The maximum atomic E-state index is 10.8. The molecule has 0 amide bonds. The molecule has 7 unspecified atom stereocenters. The Morgan fingerprint density at radius 1 is 0.939 bits per heavy atom. The molecule has 0 aliphatic heterocycles. The van der Waals surface area contributed by atoms with Crippen LogP contribution in [-0.4, -0.2) is 11.2 Å². The predicted octanol–water partition coefficient (Wildman–Crippen LogP) is 9.26. The van der Waals surface area contributed by atoms with E-state index in [1.165, 1.54) is 64.2 Å². The summed E-state index contributed by atoms with van der Waals surface area (Å²) in [6.07, 6.45) is 14.0. The Morgan fingerprint density at radius 2 is 1.64 bits per heavy atom. The average Bonchev–Trinajstić information content (AvgIpc) is 3.03. The van der Waals surface area contributed by atoms with Gasteiger partial charge in [0.2, 0.25) is 0 Å². The van der Waals surface area contributed by atoms with E-state index < -0.39 is 0 Å². The van der Waals surface area contributed by atoms with Crippen LogP contribution in [0.15, 0.2) is 22.3 Å². The fraction of sp³-hybridized carbons (Fsp3) is 0.875. The molecule has 33 heavy (non-hydrogen) atoms. The van der Waals surface area contributed by atoms with Crippen molar-refractivity contribution in [3.63, 3.8) is 0 Å². The summed E-state index contributed by atoms with van der Waals surface area (Å²) in [7, 11) is 0. The molecule has 0 saturated heterocycles. The van der Waals surface area contributed by atoms with Crippen molar-refractivity contribution in [3.05, 3.63) is 22.3 Å². The van der Waals surface area contributed by atoms with Crippen molar-refractivity contribution >= 4 is 0 Å². The molecule has 1 N–H and O–H groups in total. The highest BCUT2D eigenvalue weighted by Crippen LogP contribution is 2.72. The van der Waals surface area contributed by atoms with E-state index in [0.717, 1.165) is 18.3 Å². The molecule has 188 valence electrons. The molecule has 4 rings (SSSR count). The van der Waals surface area contributed by atoms with Gasteiger partial charge in [0.25, 0.3) is 0 Å². The van der Waals surface area contributed by atoms with Crippen molar-refractivity contribution in [3.8, 4) is 0 Å². The van der Waals surface area contributed by atoms with Crippen LogP contribution in [0.25, 0.3) is 0 Å². The van der Waals surface area contributed by atoms with E-state index in [-0.39, 0.29) is 11.5 Å². The molecule has 0 bridgehead atoms. The van der Waals surface area contributed by atoms with E-state index in [2.05, 4.69) is 62.3 Å². The summed E-state index contributed by atoms with van der Waals surface area (Å²) in [5.41, 5.74) is 8.17. The Hall–Kier alpha value is -0.560. The van der Waals surface area contributed by atoms with Crippen LogP contribution in [-0.2, 0) is 0 Å². The molecule has 2 saturated carbocycles. The second-order valence-corrected chi connectivity index (χ2v) is 14.2. The molecule has 4 aliphatic rings. The van der Waals surface area contributed by atoms with Crippen LogP contribution in [0, 0.1) is 39.4 Å². The van der Waals surface area contributed by atoms with Crippen molar-refractivity contribution in [1.82, 2.24) is 0 Å². The topological polar surface area (TPSA) is 20.2 Å². The second kappa shape index (κ2) is 8.53. The molecule has 0 heterocycles. The van der Waals surface area contributed by atoms with Crippen molar-refractivity contribution in [2.75, 3.05) is 0 Å². The zero-order valence-electron chi connectivity index (χ0n) is 23.5. The van der Waals surface area contributed by atoms with Crippen molar-refractivity contribution < 1.29 is 5.11 Å². The van der Waals surface area contributed by atoms with Gasteiger partial charge in [0, 0.05) is 0 Å². The van der Waals surface area contributed by atoms with Gasteiger partial charge in [0.1, 0.15) is 0 Å². The lowest BCUT2D eigenvalue weighted by Crippen LogP contribution is -2.55. The molecule has 0 aromatic carbocycles. The first-order chi connectivity index (χ1) is 15.3. The Morgan fingerprint density at radius 3 is 2.27 bits per heavy atom. The van der Waals surface area contributed by atoms with Gasteiger partial charge in [-0.1, -0.05) is 70.8 Å². The van der Waals surface area contributed by atoms with Crippen LogP contribution < -0.4 is 0 Å². The molecule has 0 radical (unpaired) electrons. The number of aliphatic hydroxyl groups excluding tert-OH is 1. The Bertz CT molecular complexity index is 825. The Kier molecular flexibility index (Phi) is 6.60.